The quantitative estimate of drug-likeness (QED) is 0.878. The van der Waals surface area contributed by atoms with Crippen LogP contribution in [0.4, 0.5) is 0 Å². The smallest absolute Gasteiger partial charge is 0.251 e. The summed E-state index contributed by atoms with van der Waals surface area (Å²) in [5, 5.41) is 3.05. The first-order valence-corrected chi connectivity index (χ1v) is 7.60. The first-order valence-electron chi connectivity index (χ1n) is 7.60. The fourth-order valence-corrected chi connectivity index (χ4v) is 3.08. The molecule has 2 aliphatic rings. The molecule has 23 heavy (non-hydrogen) atoms. The van der Waals surface area contributed by atoms with E-state index in [1.807, 2.05) is 6.07 Å². The zero-order valence-corrected chi connectivity index (χ0v) is 12.4. The molecular weight excluding hydrogens is 296 g/mol. The Morgan fingerprint density at radius 1 is 1.17 bits per heavy atom. The molecule has 1 aromatic carbocycles. The molecule has 6 heteroatoms. The molecule has 118 valence electrons. The summed E-state index contributed by atoms with van der Waals surface area (Å²) in [6, 6.07) is 8.61. The third kappa shape index (κ3) is 2.67. The van der Waals surface area contributed by atoms with Crippen LogP contribution < -0.4 is 20.3 Å². The summed E-state index contributed by atoms with van der Waals surface area (Å²) in [5.41, 5.74) is 2.55. The first-order chi connectivity index (χ1) is 11.2. The van der Waals surface area contributed by atoms with Crippen LogP contribution in [-0.4, -0.2) is 23.7 Å². The van der Waals surface area contributed by atoms with Crippen LogP contribution in [0, 0.1) is 0 Å². The van der Waals surface area contributed by atoms with Crippen molar-refractivity contribution < 1.29 is 14.3 Å². The number of ether oxygens (including phenoxy) is 2. The minimum Gasteiger partial charge on any atom is -0.454 e. The van der Waals surface area contributed by atoms with Gasteiger partial charge in [-0.2, -0.15) is 0 Å². The van der Waals surface area contributed by atoms with E-state index in [2.05, 4.69) is 10.3 Å². The van der Waals surface area contributed by atoms with Gasteiger partial charge in [-0.25, -0.2) is 0 Å². The molecule has 0 spiro atoms. The second-order valence-corrected chi connectivity index (χ2v) is 5.81. The van der Waals surface area contributed by atoms with Crippen LogP contribution in [0.15, 0.2) is 35.1 Å². The highest BCUT2D eigenvalue weighted by Gasteiger charge is 2.22. The van der Waals surface area contributed by atoms with Gasteiger partial charge >= 0.3 is 0 Å². The summed E-state index contributed by atoms with van der Waals surface area (Å²) in [4.78, 5) is 26.6. The van der Waals surface area contributed by atoms with Crippen LogP contribution in [0.2, 0.25) is 0 Å². The molecule has 0 bridgehead atoms. The Kier molecular flexibility index (Phi) is 3.29. The molecule has 4 rings (SSSR count). The zero-order valence-electron chi connectivity index (χ0n) is 12.4. The lowest BCUT2D eigenvalue weighted by atomic mass is 9.91. The van der Waals surface area contributed by atoms with Crippen molar-refractivity contribution in [2.24, 2.45) is 0 Å². The predicted molar refractivity (Wildman–Crippen MR) is 82.9 cm³/mol. The fraction of sp³-hybridized carbons (Fsp3) is 0.294. The Morgan fingerprint density at radius 3 is 2.96 bits per heavy atom. The van der Waals surface area contributed by atoms with Gasteiger partial charge in [0.25, 0.3) is 5.91 Å². The van der Waals surface area contributed by atoms with Crippen molar-refractivity contribution in [3.63, 3.8) is 0 Å². The van der Waals surface area contributed by atoms with Gasteiger partial charge in [0.2, 0.25) is 12.4 Å². The van der Waals surface area contributed by atoms with Crippen molar-refractivity contribution in [3.8, 4) is 11.5 Å². The normalized spacial score (nSPS) is 18.3. The number of aromatic amines is 1. The number of amides is 1. The van der Waals surface area contributed by atoms with Crippen molar-refractivity contribution in [1.82, 2.24) is 10.3 Å². The number of nitrogens with one attached hydrogen (secondary N) is 2. The molecule has 1 unspecified atom stereocenters. The van der Waals surface area contributed by atoms with E-state index in [4.69, 9.17) is 9.47 Å². The van der Waals surface area contributed by atoms with E-state index in [0.29, 0.717) is 17.1 Å². The molecule has 2 aromatic rings. The summed E-state index contributed by atoms with van der Waals surface area (Å²) < 4.78 is 10.5. The number of hydrogen-bond donors (Lipinski definition) is 2. The Morgan fingerprint density at radius 2 is 2.04 bits per heavy atom. The summed E-state index contributed by atoms with van der Waals surface area (Å²) in [6.07, 6.45) is 2.29. The number of fused-ring (bicyclic) bond motifs is 2. The second kappa shape index (κ2) is 5.46. The standard InChI is InChI=1S/C17H16N2O4/c20-16-6-2-10-7-12(3-4-13(10)19-16)18-17(21)11-1-5-14-15(8-11)23-9-22-14/h1-2,5-6,8,12H,3-4,7,9H2,(H,18,21)(H,19,20). The molecule has 1 atom stereocenters. The van der Waals surface area contributed by atoms with Gasteiger partial charge in [-0.05, 0) is 43.0 Å². The maximum Gasteiger partial charge on any atom is 0.251 e. The first kappa shape index (κ1) is 13.9. The Balaban J connectivity index is 1.47. The van der Waals surface area contributed by atoms with E-state index >= 15 is 0 Å². The van der Waals surface area contributed by atoms with Crippen molar-refractivity contribution >= 4 is 5.91 Å². The van der Waals surface area contributed by atoms with E-state index in [1.54, 1.807) is 18.2 Å². The van der Waals surface area contributed by atoms with Crippen molar-refractivity contribution in [2.75, 3.05) is 6.79 Å². The fourth-order valence-electron chi connectivity index (χ4n) is 3.08. The minimum atomic E-state index is -0.124. The van der Waals surface area contributed by atoms with Crippen LogP contribution >= 0.6 is 0 Å². The Bertz CT molecular complexity index is 828. The van der Waals surface area contributed by atoms with Gasteiger partial charge in [0.1, 0.15) is 0 Å². The lowest BCUT2D eigenvalue weighted by Crippen LogP contribution is -2.39. The molecule has 1 aliphatic carbocycles. The third-order valence-electron chi connectivity index (χ3n) is 4.28. The van der Waals surface area contributed by atoms with Crippen molar-refractivity contribution in [3.05, 3.63) is 57.5 Å². The highest BCUT2D eigenvalue weighted by atomic mass is 16.7. The third-order valence-corrected chi connectivity index (χ3v) is 4.28. The van der Waals surface area contributed by atoms with Crippen molar-refractivity contribution in [2.45, 2.75) is 25.3 Å². The number of rotatable bonds is 2. The van der Waals surface area contributed by atoms with Gasteiger partial charge in [0.05, 0.1) is 0 Å². The molecule has 0 fully saturated rings. The molecule has 0 saturated carbocycles. The van der Waals surface area contributed by atoms with Crippen LogP contribution in [0.3, 0.4) is 0 Å². The molecule has 1 aliphatic heterocycles. The van der Waals surface area contributed by atoms with Gasteiger partial charge < -0.3 is 19.8 Å². The number of benzene rings is 1. The summed E-state index contributed by atoms with van der Waals surface area (Å²) in [5.74, 6) is 1.14. The number of aromatic nitrogens is 1. The van der Waals surface area contributed by atoms with Gasteiger partial charge in [0, 0.05) is 23.4 Å². The summed E-state index contributed by atoms with van der Waals surface area (Å²) >= 11 is 0. The topological polar surface area (TPSA) is 80.4 Å². The van der Waals surface area contributed by atoms with Gasteiger partial charge in [0.15, 0.2) is 11.5 Å². The maximum absolute atomic E-state index is 12.4. The largest absolute Gasteiger partial charge is 0.454 e. The molecule has 1 amide bonds. The highest BCUT2D eigenvalue weighted by Crippen LogP contribution is 2.32. The zero-order chi connectivity index (χ0) is 15.8. The number of carbonyl (C=O) groups excluding carboxylic acids is 1. The molecule has 2 heterocycles. The van der Waals surface area contributed by atoms with Crippen LogP contribution in [0.5, 0.6) is 11.5 Å². The minimum absolute atomic E-state index is 0.0614. The van der Waals surface area contributed by atoms with E-state index in [0.717, 1.165) is 30.5 Å². The van der Waals surface area contributed by atoms with E-state index in [1.165, 1.54) is 6.07 Å². The van der Waals surface area contributed by atoms with Gasteiger partial charge in [-0.3, -0.25) is 9.59 Å². The molecule has 0 saturated heterocycles. The highest BCUT2D eigenvalue weighted by molar-refractivity contribution is 5.95. The maximum atomic E-state index is 12.4. The SMILES string of the molecule is O=C(NC1CCc2[nH]c(=O)ccc2C1)c1ccc2c(c1)OCO2. The van der Waals surface area contributed by atoms with E-state index < -0.39 is 0 Å². The molecular formula is C17H16N2O4. The Hall–Kier alpha value is -2.76. The number of pyridine rings is 1. The number of H-pyrrole nitrogens is 1. The van der Waals surface area contributed by atoms with E-state index in [9.17, 15) is 9.59 Å². The summed E-state index contributed by atoms with van der Waals surface area (Å²) in [7, 11) is 0. The lowest BCUT2D eigenvalue weighted by Gasteiger charge is -2.25. The monoisotopic (exact) mass is 312 g/mol. The van der Waals surface area contributed by atoms with Crippen molar-refractivity contribution in [1.29, 1.82) is 0 Å². The van der Waals surface area contributed by atoms with E-state index in [-0.39, 0.29) is 24.3 Å². The Labute approximate surface area is 132 Å². The molecule has 6 nitrogen and oxygen atoms in total. The average Bonchev–Trinajstić information content (AvgIpc) is 3.02. The van der Waals surface area contributed by atoms with Gasteiger partial charge in [-0.15, -0.1) is 0 Å². The van der Waals surface area contributed by atoms with Gasteiger partial charge in [-0.1, -0.05) is 6.07 Å². The van der Waals surface area contributed by atoms with Crippen LogP contribution in [0.1, 0.15) is 28.0 Å². The molecule has 0 radical (unpaired) electrons. The number of hydrogen-bond acceptors (Lipinski definition) is 4. The van der Waals surface area contributed by atoms with Crippen LogP contribution in [0.25, 0.3) is 0 Å². The number of carbonyl (C=O) groups is 1. The second-order valence-electron chi connectivity index (χ2n) is 5.81. The number of aryl methyl sites for hydroxylation is 1. The van der Waals surface area contributed by atoms with Crippen LogP contribution in [-0.2, 0) is 12.8 Å². The molecule has 2 N–H and O–H groups in total. The molecule has 1 aromatic heterocycles. The summed E-state index contributed by atoms with van der Waals surface area (Å²) in [6.45, 7) is 0.192. The lowest BCUT2D eigenvalue weighted by molar-refractivity contribution is 0.0933. The predicted octanol–water partition coefficient (Wildman–Crippen LogP) is 1.39. The average molecular weight is 312 g/mol.